The summed E-state index contributed by atoms with van der Waals surface area (Å²) in [5.41, 5.74) is 0.675. The summed E-state index contributed by atoms with van der Waals surface area (Å²) in [6.45, 7) is 13.9. The van der Waals surface area contributed by atoms with Gasteiger partial charge in [-0.15, -0.1) is 0 Å². The molecule has 0 spiro atoms. The Labute approximate surface area is 105 Å². The van der Waals surface area contributed by atoms with E-state index < -0.39 is 0 Å². The average Bonchev–Trinajstić information content (AvgIpc) is 2.53. The van der Waals surface area contributed by atoms with Crippen molar-refractivity contribution in [1.82, 2.24) is 5.32 Å². The van der Waals surface area contributed by atoms with Crippen molar-refractivity contribution in [2.45, 2.75) is 46.8 Å². The highest BCUT2D eigenvalue weighted by molar-refractivity contribution is 7.81. The maximum Gasteiger partial charge on any atom is 0.233 e. The van der Waals surface area contributed by atoms with E-state index in [2.05, 4.69) is 45.6 Å². The third-order valence-corrected chi connectivity index (χ3v) is 5.53. The molecule has 1 saturated carbocycles. The second kappa shape index (κ2) is 4.25. The number of carbonyl (C=O) groups is 1. The Hall–Kier alpha value is -0.180. The minimum atomic E-state index is -0.190. The van der Waals surface area contributed by atoms with Crippen LogP contribution in [0.2, 0.25) is 0 Å². The first-order valence-electron chi connectivity index (χ1n) is 6.08. The van der Waals surface area contributed by atoms with Crippen LogP contribution in [0, 0.1) is 22.7 Å². The van der Waals surface area contributed by atoms with Crippen molar-refractivity contribution in [2.24, 2.45) is 22.7 Å². The van der Waals surface area contributed by atoms with Gasteiger partial charge in [-0.3, -0.25) is 4.79 Å². The minimum absolute atomic E-state index is 0.0665. The van der Waals surface area contributed by atoms with Crippen LogP contribution in [0.15, 0.2) is 0 Å². The molecule has 1 unspecified atom stereocenters. The lowest BCUT2D eigenvalue weighted by molar-refractivity contribution is -0.121. The van der Waals surface area contributed by atoms with Crippen LogP contribution in [-0.2, 0) is 4.79 Å². The van der Waals surface area contributed by atoms with Crippen molar-refractivity contribution >= 4 is 18.5 Å². The van der Waals surface area contributed by atoms with E-state index in [1.54, 1.807) is 0 Å². The first-order valence-corrected chi connectivity index (χ1v) is 6.59. The molecule has 0 aromatic rings. The van der Waals surface area contributed by atoms with Crippen LogP contribution < -0.4 is 5.32 Å². The molecule has 0 saturated heterocycles. The summed E-state index contributed by atoms with van der Waals surface area (Å²) in [6.07, 6.45) is 0. The lowest BCUT2D eigenvalue weighted by Crippen LogP contribution is -2.36. The summed E-state index contributed by atoms with van der Waals surface area (Å²) in [4.78, 5) is 11.8. The van der Waals surface area contributed by atoms with Gasteiger partial charge >= 0.3 is 0 Å². The third-order valence-electron chi connectivity index (χ3n) is 4.70. The molecule has 0 bridgehead atoms. The Morgan fingerprint density at radius 1 is 1.25 bits per heavy atom. The van der Waals surface area contributed by atoms with Gasteiger partial charge in [0.2, 0.25) is 5.91 Å². The van der Waals surface area contributed by atoms with Crippen molar-refractivity contribution in [2.75, 3.05) is 6.54 Å². The van der Waals surface area contributed by atoms with E-state index in [1.165, 1.54) is 0 Å². The normalized spacial score (nSPS) is 24.2. The van der Waals surface area contributed by atoms with Gasteiger partial charge in [-0.05, 0) is 22.7 Å². The number of hydrogen-bond acceptors (Lipinski definition) is 2. The Balaban J connectivity index is 2.41. The molecular formula is C13H25NOS. The molecule has 0 aromatic carbocycles. The Morgan fingerprint density at radius 3 is 2.00 bits per heavy atom. The maximum atomic E-state index is 11.8. The predicted octanol–water partition coefficient (Wildman–Crippen LogP) is 2.74. The summed E-state index contributed by atoms with van der Waals surface area (Å²) < 4.78 is 0. The van der Waals surface area contributed by atoms with Crippen LogP contribution in [0.25, 0.3) is 0 Å². The van der Waals surface area contributed by atoms with Crippen LogP contribution in [0.4, 0.5) is 0 Å². The van der Waals surface area contributed by atoms with Gasteiger partial charge in [0, 0.05) is 6.54 Å². The van der Waals surface area contributed by atoms with Crippen LogP contribution in [0.1, 0.15) is 41.5 Å². The van der Waals surface area contributed by atoms with Crippen LogP contribution >= 0.6 is 12.6 Å². The summed E-state index contributed by atoms with van der Waals surface area (Å²) in [5, 5.41) is 2.83. The van der Waals surface area contributed by atoms with E-state index in [4.69, 9.17) is 0 Å². The average molecular weight is 243 g/mol. The molecule has 1 atom stereocenters. The maximum absolute atomic E-state index is 11.8. The highest BCUT2D eigenvalue weighted by Crippen LogP contribution is 2.67. The number of thiol groups is 1. The Kier molecular flexibility index (Phi) is 3.68. The fourth-order valence-electron chi connectivity index (χ4n) is 2.45. The zero-order chi connectivity index (χ0) is 12.7. The number of carbonyl (C=O) groups excluding carboxylic acids is 1. The first kappa shape index (κ1) is 13.9. The van der Waals surface area contributed by atoms with E-state index >= 15 is 0 Å². The fraction of sp³-hybridized carbons (Fsp3) is 0.923. The molecule has 1 N–H and O–H groups in total. The standard InChI is InChI=1S/C13H25NOS/c1-8(2)10(16)11(15)14-7-9-12(3,4)13(9,5)6/h8-10,16H,7H2,1-6H3,(H,14,15). The zero-order valence-electron chi connectivity index (χ0n) is 11.3. The van der Waals surface area contributed by atoms with Crippen LogP contribution in [0.3, 0.4) is 0 Å². The monoisotopic (exact) mass is 243 g/mol. The predicted molar refractivity (Wildman–Crippen MR) is 71.7 cm³/mol. The molecule has 0 radical (unpaired) electrons. The molecule has 1 amide bonds. The molecule has 3 heteroatoms. The van der Waals surface area contributed by atoms with Gasteiger partial charge < -0.3 is 5.32 Å². The molecule has 94 valence electrons. The van der Waals surface area contributed by atoms with Crippen LogP contribution in [0.5, 0.6) is 0 Å². The molecule has 16 heavy (non-hydrogen) atoms. The van der Waals surface area contributed by atoms with E-state index in [0.717, 1.165) is 6.54 Å². The van der Waals surface area contributed by atoms with Gasteiger partial charge in [0.25, 0.3) is 0 Å². The van der Waals surface area contributed by atoms with Gasteiger partial charge in [-0.25, -0.2) is 0 Å². The summed E-state index contributed by atoms with van der Waals surface area (Å²) >= 11 is 4.32. The van der Waals surface area contributed by atoms with Crippen molar-refractivity contribution in [3.8, 4) is 0 Å². The number of amides is 1. The summed E-state index contributed by atoms with van der Waals surface area (Å²) in [5.74, 6) is 0.928. The largest absolute Gasteiger partial charge is 0.355 e. The number of hydrogen-bond donors (Lipinski definition) is 2. The van der Waals surface area contributed by atoms with Crippen molar-refractivity contribution in [3.05, 3.63) is 0 Å². The molecule has 1 aliphatic carbocycles. The molecule has 0 aliphatic heterocycles. The molecular weight excluding hydrogens is 218 g/mol. The smallest absolute Gasteiger partial charge is 0.233 e. The lowest BCUT2D eigenvalue weighted by Gasteiger charge is -2.15. The van der Waals surface area contributed by atoms with Gasteiger partial charge in [-0.2, -0.15) is 12.6 Å². The Bertz CT molecular complexity index is 270. The number of rotatable bonds is 4. The summed E-state index contributed by atoms with van der Waals surface area (Å²) in [7, 11) is 0. The highest BCUT2D eigenvalue weighted by atomic mass is 32.1. The SMILES string of the molecule is CC(C)C(S)C(=O)NCC1C(C)(C)C1(C)C. The third kappa shape index (κ3) is 2.24. The summed E-state index contributed by atoms with van der Waals surface area (Å²) in [6, 6.07) is 0. The van der Waals surface area contributed by atoms with Crippen molar-refractivity contribution in [3.63, 3.8) is 0 Å². The Morgan fingerprint density at radius 2 is 1.69 bits per heavy atom. The second-order valence-electron chi connectivity index (χ2n) is 6.43. The van der Waals surface area contributed by atoms with Crippen molar-refractivity contribution in [1.29, 1.82) is 0 Å². The van der Waals surface area contributed by atoms with E-state index in [-0.39, 0.29) is 17.1 Å². The zero-order valence-corrected chi connectivity index (χ0v) is 12.2. The molecule has 0 aromatic heterocycles. The van der Waals surface area contributed by atoms with Crippen LogP contribution in [-0.4, -0.2) is 17.7 Å². The topological polar surface area (TPSA) is 29.1 Å². The molecule has 0 heterocycles. The van der Waals surface area contributed by atoms with Gasteiger partial charge in [0.15, 0.2) is 0 Å². The molecule has 2 nitrogen and oxygen atoms in total. The van der Waals surface area contributed by atoms with Gasteiger partial charge in [-0.1, -0.05) is 41.5 Å². The fourth-order valence-corrected chi connectivity index (χ4v) is 2.54. The quantitative estimate of drug-likeness (QED) is 0.730. The highest BCUT2D eigenvalue weighted by Gasteiger charge is 2.64. The number of nitrogens with one attached hydrogen (secondary N) is 1. The minimum Gasteiger partial charge on any atom is -0.355 e. The first-order chi connectivity index (χ1) is 7.12. The molecule has 1 fully saturated rings. The molecule has 1 rings (SSSR count). The van der Waals surface area contributed by atoms with E-state index in [9.17, 15) is 4.79 Å². The van der Waals surface area contributed by atoms with E-state index in [1.807, 2.05) is 13.8 Å². The van der Waals surface area contributed by atoms with Gasteiger partial charge in [0.1, 0.15) is 0 Å². The van der Waals surface area contributed by atoms with Gasteiger partial charge in [0.05, 0.1) is 5.25 Å². The lowest BCUT2D eigenvalue weighted by atomic mass is 10.0. The molecule has 1 aliphatic rings. The second-order valence-corrected chi connectivity index (χ2v) is 6.99. The van der Waals surface area contributed by atoms with E-state index in [0.29, 0.717) is 16.7 Å². The van der Waals surface area contributed by atoms with Crippen molar-refractivity contribution < 1.29 is 4.79 Å².